The first-order valence-electron chi connectivity index (χ1n) is 4.83. The van der Waals surface area contributed by atoms with Gasteiger partial charge in [0, 0.05) is 7.11 Å². The number of Topliss-reactive ketones (excluding diaryl/α,β-unsaturated/α-hetero) is 1. The van der Waals surface area contributed by atoms with E-state index in [-0.39, 0.29) is 19.0 Å². The van der Waals surface area contributed by atoms with E-state index in [0.717, 1.165) is 16.9 Å². The van der Waals surface area contributed by atoms with Gasteiger partial charge in [-0.3, -0.25) is 4.79 Å². The van der Waals surface area contributed by atoms with E-state index in [1.54, 1.807) is 0 Å². The zero-order chi connectivity index (χ0) is 11.3. The predicted molar refractivity (Wildman–Crippen MR) is 58.3 cm³/mol. The van der Waals surface area contributed by atoms with Crippen LogP contribution in [0, 0.1) is 13.8 Å². The maximum atomic E-state index is 11.1. The number of carbonyl (C=O) groups is 1. The third-order valence-electron chi connectivity index (χ3n) is 1.90. The molecular formula is C12H16O3. The number of benzene rings is 1. The van der Waals surface area contributed by atoms with Gasteiger partial charge in [-0.2, -0.15) is 0 Å². The molecule has 0 aliphatic carbocycles. The second-order valence-electron chi connectivity index (χ2n) is 3.58. The van der Waals surface area contributed by atoms with Crippen LogP contribution >= 0.6 is 0 Å². The van der Waals surface area contributed by atoms with E-state index in [2.05, 4.69) is 6.07 Å². The summed E-state index contributed by atoms with van der Waals surface area (Å²) in [5.74, 6) is 0.675. The molecule has 0 fully saturated rings. The summed E-state index contributed by atoms with van der Waals surface area (Å²) >= 11 is 0. The van der Waals surface area contributed by atoms with Gasteiger partial charge >= 0.3 is 0 Å². The summed E-state index contributed by atoms with van der Waals surface area (Å²) in [5, 5.41) is 0. The summed E-state index contributed by atoms with van der Waals surface area (Å²) in [6, 6.07) is 5.88. The summed E-state index contributed by atoms with van der Waals surface area (Å²) in [6.07, 6.45) is 0. The van der Waals surface area contributed by atoms with Gasteiger partial charge in [-0.15, -0.1) is 0 Å². The Labute approximate surface area is 90.0 Å². The topological polar surface area (TPSA) is 35.5 Å². The fourth-order valence-corrected chi connectivity index (χ4v) is 1.38. The lowest BCUT2D eigenvalue weighted by atomic mass is 10.1. The molecule has 0 saturated carbocycles. The fourth-order valence-electron chi connectivity index (χ4n) is 1.38. The van der Waals surface area contributed by atoms with Gasteiger partial charge in [0.25, 0.3) is 0 Å². The molecule has 0 saturated heterocycles. The highest BCUT2D eigenvalue weighted by molar-refractivity contribution is 5.81. The lowest BCUT2D eigenvalue weighted by molar-refractivity contribution is -0.124. The molecule has 0 aliphatic rings. The van der Waals surface area contributed by atoms with Gasteiger partial charge in [0.05, 0.1) is 0 Å². The molecule has 0 unspecified atom stereocenters. The number of methoxy groups -OCH3 is 1. The molecule has 0 atom stereocenters. The van der Waals surface area contributed by atoms with E-state index in [1.165, 1.54) is 7.11 Å². The zero-order valence-electron chi connectivity index (χ0n) is 9.37. The van der Waals surface area contributed by atoms with Gasteiger partial charge in [-0.25, -0.2) is 0 Å². The van der Waals surface area contributed by atoms with Crippen molar-refractivity contribution in [3.63, 3.8) is 0 Å². The first-order chi connectivity index (χ1) is 7.11. The molecule has 0 N–H and O–H groups in total. The largest absolute Gasteiger partial charge is 0.486 e. The van der Waals surface area contributed by atoms with Gasteiger partial charge in [-0.1, -0.05) is 6.07 Å². The lowest BCUT2D eigenvalue weighted by Gasteiger charge is -2.07. The molecule has 0 aromatic heterocycles. The number of ether oxygens (including phenoxy) is 2. The van der Waals surface area contributed by atoms with Crippen molar-refractivity contribution in [3.8, 4) is 5.75 Å². The highest BCUT2D eigenvalue weighted by Gasteiger charge is 2.02. The molecule has 3 nitrogen and oxygen atoms in total. The molecule has 1 rings (SSSR count). The van der Waals surface area contributed by atoms with Crippen molar-refractivity contribution in [2.24, 2.45) is 0 Å². The molecule has 15 heavy (non-hydrogen) atoms. The number of rotatable bonds is 5. The van der Waals surface area contributed by atoms with Crippen molar-refractivity contribution in [1.29, 1.82) is 0 Å². The minimum absolute atomic E-state index is 0.0586. The van der Waals surface area contributed by atoms with Crippen LogP contribution in [0.5, 0.6) is 5.75 Å². The Morgan fingerprint density at radius 3 is 2.27 bits per heavy atom. The normalized spacial score (nSPS) is 10.1. The van der Waals surface area contributed by atoms with Crippen molar-refractivity contribution >= 4 is 5.78 Å². The molecule has 82 valence electrons. The molecular weight excluding hydrogens is 192 g/mol. The first kappa shape index (κ1) is 11.7. The third kappa shape index (κ3) is 4.13. The number of carbonyl (C=O) groups excluding carboxylic acids is 1. The molecule has 0 amide bonds. The molecule has 0 bridgehead atoms. The Morgan fingerprint density at radius 1 is 1.13 bits per heavy atom. The molecule has 0 aliphatic heterocycles. The van der Waals surface area contributed by atoms with Gasteiger partial charge in [0.1, 0.15) is 19.0 Å². The summed E-state index contributed by atoms with van der Waals surface area (Å²) in [7, 11) is 1.49. The van der Waals surface area contributed by atoms with Crippen LogP contribution in [0.25, 0.3) is 0 Å². The second-order valence-corrected chi connectivity index (χ2v) is 3.58. The van der Waals surface area contributed by atoms with Crippen molar-refractivity contribution in [2.75, 3.05) is 20.3 Å². The van der Waals surface area contributed by atoms with Crippen LogP contribution in [-0.2, 0) is 9.53 Å². The maximum absolute atomic E-state index is 11.1. The van der Waals surface area contributed by atoms with Crippen LogP contribution in [0.2, 0.25) is 0 Å². The maximum Gasteiger partial charge on any atom is 0.195 e. The van der Waals surface area contributed by atoms with Gasteiger partial charge in [0.2, 0.25) is 0 Å². The van der Waals surface area contributed by atoms with Crippen molar-refractivity contribution in [1.82, 2.24) is 0 Å². The number of hydrogen-bond donors (Lipinski definition) is 0. The summed E-state index contributed by atoms with van der Waals surface area (Å²) in [6.45, 7) is 4.16. The van der Waals surface area contributed by atoms with E-state index in [4.69, 9.17) is 9.47 Å². The zero-order valence-corrected chi connectivity index (χ0v) is 9.37. The van der Waals surface area contributed by atoms with Gasteiger partial charge in [0.15, 0.2) is 5.78 Å². The van der Waals surface area contributed by atoms with Crippen LogP contribution in [0.1, 0.15) is 11.1 Å². The average molecular weight is 208 g/mol. The van der Waals surface area contributed by atoms with Crippen LogP contribution in [-0.4, -0.2) is 26.1 Å². The monoisotopic (exact) mass is 208 g/mol. The number of aryl methyl sites for hydroxylation is 2. The summed E-state index contributed by atoms with van der Waals surface area (Å²) < 4.78 is 10.1. The number of hydrogen-bond acceptors (Lipinski definition) is 3. The van der Waals surface area contributed by atoms with Crippen molar-refractivity contribution in [3.05, 3.63) is 29.3 Å². The first-order valence-corrected chi connectivity index (χ1v) is 4.83. The molecule has 0 heterocycles. The smallest absolute Gasteiger partial charge is 0.195 e. The molecule has 1 aromatic carbocycles. The van der Waals surface area contributed by atoms with E-state index in [0.29, 0.717) is 0 Å². The highest BCUT2D eigenvalue weighted by atomic mass is 16.5. The third-order valence-corrected chi connectivity index (χ3v) is 1.90. The number of ketones is 1. The quantitative estimate of drug-likeness (QED) is 0.741. The van der Waals surface area contributed by atoms with Crippen molar-refractivity contribution in [2.45, 2.75) is 13.8 Å². The fraction of sp³-hybridized carbons (Fsp3) is 0.417. The average Bonchev–Trinajstić information content (AvgIpc) is 2.14. The Balaban J connectivity index is 2.54. The van der Waals surface area contributed by atoms with E-state index < -0.39 is 0 Å². The minimum Gasteiger partial charge on any atom is -0.486 e. The van der Waals surface area contributed by atoms with Crippen LogP contribution < -0.4 is 4.74 Å². The Kier molecular flexibility index (Phi) is 4.31. The van der Waals surface area contributed by atoms with Crippen LogP contribution in [0.4, 0.5) is 0 Å². The minimum atomic E-state index is -0.0586. The lowest BCUT2D eigenvalue weighted by Crippen LogP contribution is -2.16. The van der Waals surface area contributed by atoms with Gasteiger partial charge < -0.3 is 9.47 Å². The molecule has 3 heteroatoms. The molecule has 1 aromatic rings. The Bertz CT molecular complexity index is 324. The predicted octanol–water partition coefficient (Wildman–Crippen LogP) is 1.90. The van der Waals surface area contributed by atoms with E-state index >= 15 is 0 Å². The SMILES string of the molecule is COCC(=O)COc1cc(C)cc(C)c1. The summed E-state index contributed by atoms with van der Waals surface area (Å²) in [5.41, 5.74) is 2.26. The summed E-state index contributed by atoms with van der Waals surface area (Å²) in [4.78, 5) is 11.1. The molecule has 0 radical (unpaired) electrons. The van der Waals surface area contributed by atoms with Crippen LogP contribution in [0.3, 0.4) is 0 Å². The van der Waals surface area contributed by atoms with Crippen LogP contribution in [0.15, 0.2) is 18.2 Å². The Hall–Kier alpha value is -1.35. The van der Waals surface area contributed by atoms with Gasteiger partial charge in [-0.05, 0) is 37.1 Å². The van der Waals surface area contributed by atoms with E-state index in [1.807, 2.05) is 26.0 Å². The van der Waals surface area contributed by atoms with E-state index in [9.17, 15) is 4.79 Å². The Morgan fingerprint density at radius 2 is 1.73 bits per heavy atom. The second kappa shape index (κ2) is 5.51. The molecule has 0 spiro atoms. The standard InChI is InChI=1S/C12H16O3/c1-9-4-10(2)6-12(5-9)15-8-11(13)7-14-3/h4-6H,7-8H2,1-3H3. The highest BCUT2D eigenvalue weighted by Crippen LogP contribution is 2.15. The van der Waals surface area contributed by atoms with Crippen molar-refractivity contribution < 1.29 is 14.3 Å².